The molecule has 0 aliphatic heterocycles. The quantitative estimate of drug-likeness (QED) is 0.655. The van der Waals surface area contributed by atoms with E-state index in [1.807, 2.05) is 20.0 Å². The minimum atomic E-state index is 0.325. The summed E-state index contributed by atoms with van der Waals surface area (Å²) in [6.07, 6.45) is 0. The SMILES string of the molecule is CN[C@@H](C)c1ccc(C)cc1N. The molecule has 0 heterocycles. The third kappa shape index (κ3) is 1.77. The van der Waals surface area contributed by atoms with Gasteiger partial charge in [-0.05, 0) is 38.1 Å². The number of benzene rings is 1. The lowest BCUT2D eigenvalue weighted by Gasteiger charge is -2.13. The molecule has 0 saturated carbocycles. The topological polar surface area (TPSA) is 38.0 Å². The van der Waals surface area contributed by atoms with Crippen molar-refractivity contribution in [3.63, 3.8) is 0 Å². The monoisotopic (exact) mass is 164 g/mol. The van der Waals surface area contributed by atoms with Gasteiger partial charge in [0.1, 0.15) is 0 Å². The molecule has 1 aromatic carbocycles. The van der Waals surface area contributed by atoms with Gasteiger partial charge in [0.15, 0.2) is 0 Å². The maximum absolute atomic E-state index is 5.86. The smallest absolute Gasteiger partial charge is 0.0365 e. The van der Waals surface area contributed by atoms with Gasteiger partial charge in [-0.3, -0.25) is 0 Å². The standard InChI is InChI=1S/C10H16N2/c1-7-4-5-9(8(2)12-3)10(11)6-7/h4-6,8,12H,11H2,1-3H3/t8-/m0/s1. The number of hydrogen-bond donors (Lipinski definition) is 2. The Labute approximate surface area is 73.8 Å². The number of nitrogens with two attached hydrogens (primary N) is 1. The van der Waals surface area contributed by atoms with Crippen molar-refractivity contribution in [1.29, 1.82) is 0 Å². The Morgan fingerprint density at radius 1 is 1.42 bits per heavy atom. The van der Waals surface area contributed by atoms with Crippen LogP contribution in [0.4, 0.5) is 5.69 Å². The number of rotatable bonds is 2. The molecule has 1 rings (SSSR count). The molecule has 0 unspecified atom stereocenters. The Kier molecular flexibility index (Phi) is 2.71. The van der Waals surface area contributed by atoms with E-state index in [-0.39, 0.29) is 0 Å². The van der Waals surface area contributed by atoms with E-state index in [9.17, 15) is 0 Å². The highest BCUT2D eigenvalue weighted by atomic mass is 14.9. The first-order valence-electron chi connectivity index (χ1n) is 4.18. The number of aryl methyl sites for hydroxylation is 1. The van der Waals surface area contributed by atoms with Crippen molar-refractivity contribution in [2.75, 3.05) is 12.8 Å². The van der Waals surface area contributed by atoms with Crippen molar-refractivity contribution in [3.8, 4) is 0 Å². The molecular weight excluding hydrogens is 148 g/mol. The van der Waals surface area contributed by atoms with Crippen molar-refractivity contribution in [2.45, 2.75) is 19.9 Å². The molecule has 0 aliphatic carbocycles. The summed E-state index contributed by atoms with van der Waals surface area (Å²) >= 11 is 0. The molecule has 0 radical (unpaired) electrons. The number of hydrogen-bond acceptors (Lipinski definition) is 2. The fraction of sp³-hybridized carbons (Fsp3) is 0.400. The van der Waals surface area contributed by atoms with Crippen LogP contribution in [0.5, 0.6) is 0 Å². The van der Waals surface area contributed by atoms with Gasteiger partial charge in [-0.15, -0.1) is 0 Å². The summed E-state index contributed by atoms with van der Waals surface area (Å²) in [6.45, 7) is 4.14. The van der Waals surface area contributed by atoms with Crippen LogP contribution in [-0.4, -0.2) is 7.05 Å². The predicted octanol–water partition coefficient (Wildman–Crippen LogP) is 1.86. The van der Waals surface area contributed by atoms with E-state index in [1.54, 1.807) is 0 Å². The second-order valence-corrected chi connectivity index (χ2v) is 3.14. The second-order valence-electron chi connectivity index (χ2n) is 3.14. The maximum Gasteiger partial charge on any atom is 0.0365 e. The summed E-state index contributed by atoms with van der Waals surface area (Å²) in [5.74, 6) is 0. The van der Waals surface area contributed by atoms with E-state index < -0.39 is 0 Å². The van der Waals surface area contributed by atoms with Gasteiger partial charge in [0.2, 0.25) is 0 Å². The van der Waals surface area contributed by atoms with Gasteiger partial charge in [-0.25, -0.2) is 0 Å². The summed E-state index contributed by atoms with van der Waals surface area (Å²) in [7, 11) is 1.93. The van der Waals surface area contributed by atoms with E-state index in [0.717, 1.165) is 5.69 Å². The lowest BCUT2D eigenvalue weighted by Crippen LogP contribution is -2.14. The fourth-order valence-electron chi connectivity index (χ4n) is 1.24. The Hall–Kier alpha value is -1.02. The van der Waals surface area contributed by atoms with Crippen LogP contribution in [0.2, 0.25) is 0 Å². The lowest BCUT2D eigenvalue weighted by molar-refractivity contribution is 0.654. The fourth-order valence-corrected chi connectivity index (χ4v) is 1.24. The zero-order chi connectivity index (χ0) is 9.14. The van der Waals surface area contributed by atoms with Gasteiger partial charge in [-0.1, -0.05) is 12.1 Å². The second kappa shape index (κ2) is 3.59. The summed E-state index contributed by atoms with van der Waals surface area (Å²) in [6, 6.07) is 6.49. The number of nitrogen functional groups attached to an aromatic ring is 1. The molecule has 66 valence electrons. The summed E-state index contributed by atoms with van der Waals surface area (Å²) < 4.78 is 0. The van der Waals surface area contributed by atoms with Crippen LogP contribution in [0.1, 0.15) is 24.1 Å². The molecule has 0 fully saturated rings. The van der Waals surface area contributed by atoms with Gasteiger partial charge >= 0.3 is 0 Å². The molecule has 0 saturated heterocycles. The Morgan fingerprint density at radius 2 is 2.08 bits per heavy atom. The van der Waals surface area contributed by atoms with Gasteiger partial charge in [-0.2, -0.15) is 0 Å². The maximum atomic E-state index is 5.86. The molecular formula is C10H16N2. The molecule has 1 aromatic rings. The van der Waals surface area contributed by atoms with E-state index in [1.165, 1.54) is 11.1 Å². The van der Waals surface area contributed by atoms with Crippen LogP contribution in [0.25, 0.3) is 0 Å². The van der Waals surface area contributed by atoms with Crippen LogP contribution in [0.15, 0.2) is 18.2 Å². The average Bonchev–Trinajstić information content (AvgIpc) is 2.03. The Bertz CT molecular complexity index is 269. The van der Waals surface area contributed by atoms with Gasteiger partial charge in [0, 0.05) is 11.7 Å². The normalized spacial score (nSPS) is 12.9. The largest absolute Gasteiger partial charge is 0.398 e. The van der Waals surface area contributed by atoms with E-state index in [2.05, 4.69) is 24.4 Å². The lowest BCUT2D eigenvalue weighted by atomic mass is 10.0. The van der Waals surface area contributed by atoms with Crippen LogP contribution in [0, 0.1) is 6.92 Å². The molecule has 12 heavy (non-hydrogen) atoms. The highest BCUT2D eigenvalue weighted by molar-refractivity contribution is 5.50. The van der Waals surface area contributed by atoms with Crippen molar-refractivity contribution in [2.24, 2.45) is 0 Å². The number of anilines is 1. The number of nitrogens with one attached hydrogen (secondary N) is 1. The molecule has 0 aliphatic rings. The molecule has 0 bridgehead atoms. The van der Waals surface area contributed by atoms with Crippen LogP contribution < -0.4 is 11.1 Å². The predicted molar refractivity (Wildman–Crippen MR) is 53.1 cm³/mol. The molecule has 2 heteroatoms. The Morgan fingerprint density at radius 3 is 2.58 bits per heavy atom. The van der Waals surface area contributed by atoms with Crippen LogP contribution in [-0.2, 0) is 0 Å². The zero-order valence-corrected chi connectivity index (χ0v) is 7.89. The van der Waals surface area contributed by atoms with Gasteiger partial charge < -0.3 is 11.1 Å². The van der Waals surface area contributed by atoms with Crippen molar-refractivity contribution < 1.29 is 0 Å². The minimum Gasteiger partial charge on any atom is -0.398 e. The van der Waals surface area contributed by atoms with Crippen LogP contribution >= 0.6 is 0 Å². The molecule has 3 N–H and O–H groups in total. The molecule has 0 spiro atoms. The molecule has 0 amide bonds. The first-order valence-corrected chi connectivity index (χ1v) is 4.18. The third-order valence-corrected chi connectivity index (χ3v) is 2.14. The molecule has 2 nitrogen and oxygen atoms in total. The van der Waals surface area contributed by atoms with Gasteiger partial charge in [0.05, 0.1) is 0 Å². The van der Waals surface area contributed by atoms with E-state index in [0.29, 0.717) is 6.04 Å². The summed E-state index contributed by atoms with van der Waals surface area (Å²) in [4.78, 5) is 0. The van der Waals surface area contributed by atoms with Crippen LogP contribution in [0.3, 0.4) is 0 Å². The summed E-state index contributed by atoms with van der Waals surface area (Å²) in [5, 5.41) is 3.16. The zero-order valence-electron chi connectivity index (χ0n) is 7.89. The highest BCUT2D eigenvalue weighted by Gasteiger charge is 2.05. The van der Waals surface area contributed by atoms with E-state index in [4.69, 9.17) is 5.73 Å². The summed E-state index contributed by atoms with van der Waals surface area (Å²) in [5.41, 5.74) is 9.11. The minimum absolute atomic E-state index is 0.325. The molecule has 0 aromatic heterocycles. The average molecular weight is 164 g/mol. The first-order chi connectivity index (χ1) is 5.65. The first kappa shape index (κ1) is 9.07. The van der Waals surface area contributed by atoms with Gasteiger partial charge in [0.25, 0.3) is 0 Å². The highest BCUT2D eigenvalue weighted by Crippen LogP contribution is 2.20. The van der Waals surface area contributed by atoms with Crippen molar-refractivity contribution >= 4 is 5.69 Å². The van der Waals surface area contributed by atoms with E-state index >= 15 is 0 Å². The van der Waals surface area contributed by atoms with Crippen molar-refractivity contribution in [3.05, 3.63) is 29.3 Å². The third-order valence-electron chi connectivity index (χ3n) is 2.14. The van der Waals surface area contributed by atoms with Crippen molar-refractivity contribution in [1.82, 2.24) is 5.32 Å². The molecule has 1 atom stereocenters. The Balaban J connectivity index is 3.01.